The van der Waals surface area contributed by atoms with E-state index in [9.17, 15) is 0 Å². The van der Waals surface area contributed by atoms with Crippen LogP contribution in [0.4, 0.5) is 11.6 Å². The molecule has 4 aromatic rings. The molecule has 0 aliphatic heterocycles. The van der Waals surface area contributed by atoms with Crippen molar-refractivity contribution >= 4 is 22.7 Å². The minimum Gasteiger partial charge on any atom is -0.378 e. The van der Waals surface area contributed by atoms with Gasteiger partial charge in [0.25, 0.3) is 0 Å². The van der Waals surface area contributed by atoms with Crippen molar-refractivity contribution in [1.29, 1.82) is 0 Å². The van der Waals surface area contributed by atoms with Crippen molar-refractivity contribution in [3.63, 3.8) is 0 Å². The minimum atomic E-state index is 0.741. The summed E-state index contributed by atoms with van der Waals surface area (Å²) < 4.78 is 2.09. The zero-order valence-electron chi connectivity index (χ0n) is 16.8. The van der Waals surface area contributed by atoms with Gasteiger partial charge in [-0.3, -0.25) is 4.98 Å². The van der Waals surface area contributed by atoms with Crippen LogP contribution < -0.4 is 10.2 Å². The molecule has 0 atom stereocenters. The SMILES string of the molecule is Cc1cccc(CNc2nc3cnc(-c4ccc(N(C)C)cc4)cc3n2C)c1. The van der Waals surface area contributed by atoms with E-state index in [2.05, 4.69) is 81.3 Å². The van der Waals surface area contributed by atoms with Crippen LogP contribution in [0, 0.1) is 6.92 Å². The first-order valence-corrected chi connectivity index (χ1v) is 9.41. The molecule has 0 spiro atoms. The van der Waals surface area contributed by atoms with E-state index in [1.54, 1.807) is 0 Å². The van der Waals surface area contributed by atoms with E-state index >= 15 is 0 Å². The number of rotatable bonds is 5. The van der Waals surface area contributed by atoms with Gasteiger partial charge in [0, 0.05) is 38.9 Å². The highest BCUT2D eigenvalue weighted by Crippen LogP contribution is 2.25. The molecule has 0 fully saturated rings. The summed E-state index contributed by atoms with van der Waals surface area (Å²) in [6.45, 7) is 2.85. The Hall–Kier alpha value is -3.34. The van der Waals surface area contributed by atoms with Crippen LogP contribution in [0.3, 0.4) is 0 Å². The zero-order chi connectivity index (χ0) is 19.7. The predicted molar refractivity (Wildman–Crippen MR) is 117 cm³/mol. The first kappa shape index (κ1) is 18.0. The molecule has 2 aromatic carbocycles. The van der Waals surface area contributed by atoms with Crippen LogP contribution in [-0.2, 0) is 13.6 Å². The number of anilines is 2. The average molecular weight is 371 g/mol. The number of aromatic nitrogens is 3. The Balaban J connectivity index is 1.60. The third kappa shape index (κ3) is 3.56. The number of imidazole rings is 1. The lowest BCUT2D eigenvalue weighted by Crippen LogP contribution is -2.07. The normalized spacial score (nSPS) is 11.0. The Bertz CT molecular complexity index is 1110. The number of hydrogen-bond acceptors (Lipinski definition) is 4. The Labute approximate surface area is 165 Å². The minimum absolute atomic E-state index is 0.741. The molecule has 0 bridgehead atoms. The fourth-order valence-corrected chi connectivity index (χ4v) is 3.35. The molecule has 0 aliphatic carbocycles. The summed E-state index contributed by atoms with van der Waals surface area (Å²) in [6, 6.07) is 19.0. The second-order valence-electron chi connectivity index (χ2n) is 7.34. The number of nitrogens with one attached hydrogen (secondary N) is 1. The Morgan fingerprint density at radius 1 is 1.04 bits per heavy atom. The predicted octanol–water partition coefficient (Wildman–Crippen LogP) is 4.62. The lowest BCUT2D eigenvalue weighted by atomic mass is 10.1. The van der Waals surface area contributed by atoms with Crippen LogP contribution in [0.1, 0.15) is 11.1 Å². The van der Waals surface area contributed by atoms with E-state index in [1.807, 2.05) is 27.3 Å². The smallest absolute Gasteiger partial charge is 0.203 e. The van der Waals surface area contributed by atoms with Gasteiger partial charge >= 0.3 is 0 Å². The molecular weight excluding hydrogens is 346 g/mol. The van der Waals surface area contributed by atoms with Crippen LogP contribution >= 0.6 is 0 Å². The molecule has 0 radical (unpaired) electrons. The Morgan fingerprint density at radius 3 is 2.54 bits per heavy atom. The molecule has 5 nitrogen and oxygen atoms in total. The largest absolute Gasteiger partial charge is 0.378 e. The molecule has 2 heterocycles. The van der Waals surface area contributed by atoms with Crippen molar-refractivity contribution in [3.8, 4) is 11.3 Å². The number of pyridine rings is 1. The lowest BCUT2D eigenvalue weighted by molar-refractivity contribution is 0.927. The van der Waals surface area contributed by atoms with Gasteiger partial charge in [-0.15, -0.1) is 0 Å². The van der Waals surface area contributed by atoms with E-state index in [0.717, 1.165) is 34.8 Å². The Morgan fingerprint density at radius 2 is 1.82 bits per heavy atom. The van der Waals surface area contributed by atoms with Crippen molar-refractivity contribution in [1.82, 2.24) is 14.5 Å². The monoisotopic (exact) mass is 371 g/mol. The van der Waals surface area contributed by atoms with Gasteiger partial charge in [-0.25, -0.2) is 4.98 Å². The summed E-state index contributed by atoms with van der Waals surface area (Å²) >= 11 is 0. The molecule has 142 valence electrons. The number of hydrogen-bond donors (Lipinski definition) is 1. The maximum Gasteiger partial charge on any atom is 0.203 e. The molecule has 0 amide bonds. The number of nitrogens with zero attached hydrogens (tertiary/aromatic N) is 4. The van der Waals surface area contributed by atoms with Gasteiger partial charge in [0.2, 0.25) is 5.95 Å². The number of benzene rings is 2. The molecule has 0 unspecified atom stereocenters. The molecule has 4 rings (SSSR count). The molecule has 28 heavy (non-hydrogen) atoms. The molecule has 1 N–H and O–H groups in total. The van der Waals surface area contributed by atoms with E-state index in [0.29, 0.717) is 0 Å². The van der Waals surface area contributed by atoms with E-state index in [1.165, 1.54) is 16.8 Å². The van der Waals surface area contributed by atoms with Crippen LogP contribution in [0.25, 0.3) is 22.3 Å². The zero-order valence-corrected chi connectivity index (χ0v) is 16.8. The van der Waals surface area contributed by atoms with Crippen LogP contribution in [-0.4, -0.2) is 28.6 Å². The highest BCUT2D eigenvalue weighted by Gasteiger charge is 2.10. The lowest BCUT2D eigenvalue weighted by Gasteiger charge is -2.12. The van der Waals surface area contributed by atoms with Gasteiger partial charge < -0.3 is 14.8 Å². The highest BCUT2D eigenvalue weighted by molar-refractivity contribution is 5.82. The Kier molecular flexibility index (Phi) is 4.74. The first-order chi connectivity index (χ1) is 13.5. The molecule has 0 saturated heterocycles. The van der Waals surface area contributed by atoms with E-state index in [4.69, 9.17) is 4.98 Å². The molecule has 5 heteroatoms. The van der Waals surface area contributed by atoms with Crippen LogP contribution in [0.2, 0.25) is 0 Å². The fraction of sp³-hybridized carbons (Fsp3) is 0.217. The summed E-state index contributed by atoms with van der Waals surface area (Å²) in [5, 5.41) is 3.44. The topological polar surface area (TPSA) is 46.0 Å². The number of aryl methyl sites for hydroxylation is 2. The summed E-state index contributed by atoms with van der Waals surface area (Å²) in [7, 11) is 6.12. The van der Waals surface area contributed by atoms with Crippen molar-refractivity contribution < 1.29 is 0 Å². The third-order valence-corrected chi connectivity index (χ3v) is 4.98. The maximum atomic E-state index is 4.70. The van der Waals surface area contributed by atoms with Gasteiger partial charge in [-0.05, 0) is 30.7 Å². The van der Waals surface area contributed by atoms with Gasteiger partial charge in [-0.1, -0.05) is 42.0 Å². The highest BCUT2D eigenvalue weighted by atomic mass is 15.2. The van der Waals surface area contributed by atoms with Crippen molar-refractivity contribution in [3.05, 3.63) is 71.9 Å². The molecular formula is C23H25N5. The average Bonchev–Trinajstić information content (AvgIpc) is 3.02. The summed E-state index contributed by atoms with van der Waals surface area (Å²) in [6.07, 6.45) is 1.85. The maximum absolute atomic E-state index is 4.70. The summed E-state index contributed by atoms with van der Waals surface area (Å²) in [5.41, 5.74) is 7.68. The standard InChI is InChI=1S/C23H25N5/c1-16-6-5-7-17(12-16)14-25-23-26-21-15-24-20(13-22(21)28(23)4)18-8-10-19(11-9-18)27(2)3/h5-13,15H,14H2,1-4H3,(H,25,26). The second-order valence-corrected chi connectivity index (χ2v) is 7.34. The quantitative estimate of drug-likeness (QED) is 0.556. The summed E-state index contributed by atoms with van der Waals surface area (Å²) in [4.78, 5) is 11.4. The van der Waals surface area contributed by atoms with Crippen molar-refractivity contribution in [2.75, 3.05) is 24.3 Å². The molecule has 0 saturated carbocycles. The molecule has 2 aromatic heterocycles. The van der Waals surface area contributed by atoms with Gasteiger partial charge in [-0.2, -0.15) is 0 Å². The number of fused-ring (bicyclic) bond motifs is 1. The molecule has 0 aliphatic rings. The fourth-order valence-electron chi connectivity index (χ4n) is 3.35. The van der Waals surface area contributed by atoms with Crippen LogP contribution in [0.15, 0.2) is 60.8 Å². The van der Waals surface area contributed by atoms with Gasteiger partial charge in [0.05, 0.1) is 17.4 Å². The van der Waals surface area contributed by atoms with Crippen molar-refractivity contribution in [2.24, 2.45) is 7.05 Å². The first-order valence-electron chi connectivity index (χ1n) is 9.41. The van der Waals surface area contributed by atoms with Crippen LogP contribution in [0.5, 0.6) is 0 Å². The second kappa shape index (κ2) is 7.35. The third-order valence-electron chi connectivity index (χ3n) is 4.98. The van der Waals surface area contributed by atoms with E-state index in [-0.39, 0.29) is 0 Å². The van der Waals surface area contributed by atoms with E-state index < -0.39 is 0 Å². The van der Waals surface area contributed by atoms with Crippen molar-refractivity contribution in [2.45, 2.75) is 13.5 Å². The summed E-state index contributed by atoms with van der Waals surface area (Å²) in [5.74, 6) is 0.846. The van der Waals surface area contributed by atoms with Gasteiger partial charge in [0.15, 0.2) is 0 Å². The van der Waals surface area contributed by atoms with Gasteiger partial charge in [0.1, 0.15) is 5.52 Å².